The van der Waals surface area contributed by atoms with E-state index in [1.54, 1.807) is 12.1 Å². The molecule has 0 saturated carbocycles. The fraction of sp³-hybridized carbons (Fsp3) is 0.200. The predicted molar refractivity (Wildman–Crippen MR) is 55.9 cm³/mol. The monoisotopic (exact) mass is 178 g/mol. The molecular formula is C10H14N2O. The molecule has 0 saturated heterocycles. The van der Waals surface area contributed by atoms with Gasteiger partial charge in [0.1, 0.15) is 5.76 Å². The smallest absolute Gasteiger partial charge is 0.119 e. The molecule has 0 bridgehead atoms. The van der Waals surface area contributed by atoms with Gasteiger partial charge in [0.15, 0.2) is 0 Å². The van der Waals surface area contributed by atoms with Gasteiger partial charge in [-0.15, -0.1) is 0 Å². The largest absolute Gasteiger partial charge is 0.494 e. The number of hydrogen-bond acceptors (Lipinski definition) is 3. The summed E-state index contributed by atoms with van der Waals surface area (Å²) in [5.41, 5.74) is 13.2. The van der Waals surface area contributed by atoms with Gasteiger partial charge in [-0.3, -0.25) is 0 Å². The Kier molecular flexibility index (Phi) is 2.80. The molecular weight excluding hydrogens is 164 g/mol. The number of nitrogen functional groups attached to an aromatic ring is 2. The normalized spacial score (nSPS) is 9.62. The Bertz CT molecular complexity index is 321. The van der Waals surface area contributed by atoms with Crippen LogP contribution < -0.4 is 11.5 Å². The molecule has 0 spiro atoms. The highest BCUT2D eigenvalue weighted by Crippen LogP contribution is 2.21. The van der Waals surface area contributed by atoms with Gasteiger partial charge in [0, 0.05) is 5.56 Å². The zero-order valence-electron chi connectivity index (χ0n) is 7.71. The van der Waals surface area contributed by atoms with Crippen LogP contribution in [0.1, 0.15) is 12.5 Å². The number of benzene rings is 1. The van der Waals surface area contributed by atoms with Gasteiger partial charge in [-0.05, 0) is 25.1 Å². The van der Waals surface area contributed by atoms with E-state index in [1.165, 1.54) is 0 Å². The van der Waals surface area contributed by atoms with E-state index in [9.17, 15) is 0 Å². The van der Waals surface area contributed by atoms with Crippen molar-refractivity contribution in [1.29, 1.82) is 0 Å². The molecule has 1 rings (SSSR count). The molecule has 0 radical (unpaired) electrons. The Morgan fingerprint density at radius 2 is 2.08 bits per heavy atom. The fourth-order valence-corrected chi connectivity index (χ4v) is 1.01. The molecule has 0 aliphatic carbocycles. The van der Waals surface area contributed by atoms with Crippen molar-refractivity contribution in [3.8, 4) is 0 Å². The van der Waals surface area contributed by atoms with Crippen LogP contribution in [-0.4, -0.2) is 6.61 Å². The molecule has 4 N–H and O–H groups in total. The summed E-state index contributed by atoms with van der Waals surface area (Å²) in [6.07, 6.45) is 0. The summed E-state index contributed by atoms with van der Waals surface area (Å²) in [6, 6.07) is 5.34. The first-order valence-corrected chi connectivity index (χ1v) is 4.12. The molecule has 0 atom stereocenters. The van der Waals surface area contributed by atoms with Gasteiger partial charge < -0.3 is 16.2 Å². The van der Waals surface area contributed by atoms with Gasteiger partial charge in [-0.25, -0.2) is 0 Å². The van der Waals surface area contributed by atoms with Crippen LogP contribution in [0.2, 0.25) is 0 Å². The molecule has 0 aliphatic heterocycles. The van der Waals surface area contributed by atoms with Crippen LogP contribution in [0, 0.1) is 0 Å². The number of ether oxygens (including phenoxy) is 1. The quantitative estimate of drug-likeness (QED) is 0.548. The molecule has 0 aliphatic rings. The highest BCUT2D eigenvalue weighted by molar-refractivity contribution is 5.70. The molecule has 0 heterocycles. The van der Waals surface area contributed by atoms with E-state index < -0.39 is 0 Å². The van der Waals surface area contributed by atoms with E-state index in [0.29, 0.717) is 23.7 Å². The lowest BCUT2D eigenvalue weighted by atomic mass is 10.1. The van der Waals surface area contributed by atoms with E-state index >= 15 is 0 Å². The van der Waals surface area contributed by atoms with Crippen molar-refractivity contribution in [3.63, 3.8) is 0 Å². The van der Waals surface area contributed by atoms with E-state index in [1.807, 2.05) is 13.0 Å². The Morgan fingerprint density at radius 1 is 1.38 bits per heavy atom. The third-order valence-corrected chi connectivity index (χ3v) is 1.73. The lowest BCUT2D eigenvalue weighted by Gasteiger charge is -2.08. The van der Waals surface area contributed by atoms with Crippen LogP contribution in [-0.2, 0) is 4.74 Å². The highest BCUT2D eigenvalue weighted by atomic mass is 16.5. The number of nitrogens with two attached hydrogens (primary N) is 2. The summed E-state index contributed by atoms with van der Waals surface area (Å²) in [7, 11) is 0. The molecule has 0 unspecified atom stereocenters. The number of hydrogen-bond donors (Lipinski definition) is 2. The van der Waals surface area contributed by atoms with Gasteiger partial charge in [0.2, 0.25) is 0 Å². The van der Waals surface area contributed by atoms with E-state index in [-0.39, 0.29) is 0 Å². The average Bonchev–Trinajstić information content (AvgIpc) is 2.10. The van der Waals surface area contributed by atoms with Crippen LogP contribution >= 0.6 is 0 Å². The van der Waals surface area contributed by atoms with Crippen molar-refractivity contribution in [2.75, 3.05) is 18.1 Å². The second kappa shape index (κ2) is 3.85. The van der Waals surface area contributed by atoms with Crippen molar-refractivity contribution in [2.24, 2.45) is 0 Å². The van der Waals surface area contributed by atoms with Crippen LogP contribution in [0.25, 0.3) is 5.76 Å². The molecule has 3 nitrogen and oxygen atoms in total. The molecule has 1 aromatic rings. The van der Waals surface area contributed by atoms with Gasteiger partial charge in [-0.2, -0.15) is 0 Å². The Morgan fingerprint density at radius 3 is 2.62 bits per heavy atom. The average molecular weight is 178 g/mol. The summed E-state index contributed by atoms with van der Waals surface area (Å²) in [5.74, 6) is 0.620. The van der Waals surface area contributed by atoms with E-state index in [0.717, 1.165) is 5.56 Å². The van der Waals surface area contributed by atoms with Crippen LogP contribution in [0.15, 0.2) is 24.8 Å². The Labute approximate surface area is 78.0 Å². The molecule has 0 amide bonds. The molecule has 70 valence electrons. The first-order chi connectivity index (χ1) is 6.15. The first kappa shape index (κ1) is 9.45. The molecule has 13 heavy (non-hydrogen) atoms. The van der Waals surface area contributed by atoms with Crippen molar-refractivity contribution in [3.05, 3.63) is 30.3 Å². The first-order valence-electron chi connectivity index (χ1n) is 4.12. The van der Waals surface area contributed by atoms with Crippen molar-refractivity contribution < 1.29 is 4.74 Å². The zero-order valence-corrected chi connectivity index (χ0v) is 7.71. The minimum atomic E-state index is 0.554. The topological polar surface area (TPSA) is 61.3 Å². The minimum absolute atomic E-state index is 0.554. The molecule has 0 fully saturated rings. The minimum Gasteiger partial charge on any atom is -0.494 e. The summed E-state index contributed by atoms with van der Waals surface area (Å²) in [6.45, 7) is 6.28. The van der Waals surface area contributed by atoms with Gasteiger partial charge in [0.05, 0.1) is 18.0 Å². The summed E-state index contributed by atoms with van der Waals surface area (Å²) >= 11 is 0. The second-order valence-electron chi connectivity index (χ2n) is 2.70. The summed E-state index contributed by atoms with van der Waals surface area (Å²) < 4.78 is 5.23. The number of anilines is 2. The zero-order chi connectivity index (χ0) is 9.84. The Balaban J connectivity index is 2.90. The van der Waals surface area contributed by atoms with Crippen molar-refractivity contribution >= 4 is 17.1 Å². The van der Waals surface area contributed by atoms with E-state index in [2.05, 4.69) is 6.58 Å². The molecule has 0 aromatic heterocycles. The summed E-state index contributed by atoms with van der Waals surface area (Å²) in [4.78, 5) is 0. The molecule has 3 heteroatoms. The van der Waals surface area contributed by atoms with Crippen LogP contribution in [0.3, 0.4) is 0 Å². The maximum atomic E-state index is 5.63. The lowest BCUT2D eigenvalue weighted by Crippen LogP contribution is -1.96. The van der Waals surface area contributed by atoms with Crippen LogP contribution in [0.4, 0.5) is 11.4 Å². The maximum Gasteiger partial charge on any atom is 0.119 e. The third kappa shape index (κ3) is 2.15. The fourth-order valence-electron chi connectivity index (χ4n) is 1.01. The maximum absolute atomic E-state index is 5.63. The van der Waals surface area contributed by atoms with Crippen molar-refractivity contribution in [1.82, 2.24) is 0 Å². The molecule has 1 aromatic carbocycles. The van der Waals surface area contributed by atoms with Gasteiger partial charge in [-0.1, -0.05) is 6.58 Å². The third-order valence-electron chi connectivity index (χ3n) is 1.73. The second-order valence-corrected chi connectivity index (χ2v) is 2.70. The summed E-state index contributed by atoms with van der Waals surface area (Å²) in [5, 5.41) is 0. The van der Waals surface area contributed by atoms with Gasteiger partial charge >= 0.3 is 0 Å². The highest BCUT2D eigenvalue weighted by Gasteiger charge is 2.01. The standard InChI is InChI=1S/C10H14N2O/c1-3-13-7(2)8-4-5-9(11)10(12)6-8/h4-6H,2-3,11-12H2,1H3. The van der Waals surface area contributed by atoms with E-state index in [4.69, 9.17) is 16.2 Å². The van der Waals surface area contributed by atoms with Crippen LogP contribution in [0.5, 0.6) is 0 Å². The number of rotatable bonds is 3. The SMILES string of the molecule is C=C(OCC)c1ccc(N)c(N)c1. The Hall–Kier alpha value is -1.64. The predicted octanol–water partition coefficient (Wildman–Crippen LogP) is 1.86. The van der Waals surface area contributed by atoms with Crippen molar-refractivity contribution in [2.45, 2.75) is 6.92 Å². The lowest BCUT2D eigenvalue weighted by molar-refractivity contribution is 0.299. The van der Waals surface area contributed by atoms with Gasteiger partial charge in [0.25, 0.3) is 0 Å².